The van der Waals surface area contributed by atoms with Gasteiger partial charge in [0, 0.05) is 25.0 Å². The summed E-state index contributed by atoms with van der Waals surface area (Å²) >= 11 is 0. The second-order valence-corrected chi connectivity index (χ2v) is 7.79. The molecule has 1 aromatic carbocycles. The molecular weight excluding hydrogens is 418 g/mol. The molecule has 0 aliphatic carbocycles. The fourth-order valence-corrected chi connectivity index (χ4v) is 3.95. The van der Waals surface area contributed by atoms with Gasteiger partial charge in [0.05, 0.1) is 35.5 Å². The van der Waals surface area contributed by atoms with Crippen molar-refractivity contribution in [1.82, 2.24) is 24.9 Å². The number of nitrogens with two attached hydrogens (primary N) is 1. The number of nitrogens with one attached hydrogen (secondary N) is 2. The van der Waals surface area contributed by atoms with Crippen molar-refractivity contribution in [2.45, 2.75) is 25.6 Å². The Morgan fingerprint density at radius 3 is 2.75 bits per heavy atom. The minimum absolute atomic E-state index is 0.0447. The number of ether oxygens (including phenoxy) is 1. The van der Waals surface area contributed by atoms with E-state index in [2.05, 4.69) is 30.2 Å². The largest absolute Gasteiger partial charge is 0.421 e. The molecule has 0 radical (unpaired) electrons. The molecule has 11 heteroatoms. The highest BCUT2D eigenvalue weighted by Gasteiger charge is 2.30. The van der Waals surface area contributed by atoms with Crippen LogP contribution in [0.5, 0.6) is 11.8 Å². The van der Waals surface area contributed by atoms with Crippen LogP contribution in [0, 0.1) is 12.7 Å². The van der Waals surface area contributed by atoms with E-state index >= 15 is 0 Å². The maximum absolute atomic E-state index is 14.5. The minimum atomic E-state index is -1.21. The minimum Gasteiger partial charge on any atom is -0.421 e. The number of rotatable bonds is 4. The predicted molar refractivity (Wildman–Crippen MR) is 117 cm³/mol. The summed E-state index contributed by atoms with van der Waals surface area (Å²) in [5.41, 5.74) is 7.55. The van der Waals surface area contributed by atoms with Crippen LogP contribution >= 0.6 is 0 Å². The number of nitrogens with zero attached hydrogens (tertiary/aromatic N) is 5. The van der Waals surface area contributed by atoms with Crippen molar-refractivity contribution >= 4 is 33.4 Å². The van der Waals surface area contributed by atoms with Gasteiger partial charge in [-0.25, -0.2) is 18.7 Å². The second-order valence-electron chi connectivity index (χ2n) is 7.79. The number of halogens is 2. The molecule has 32 heavy (non-hydrogen) atoms. The van der Waals surface area contributed by atoms with E-state index in [9.17, 15) is 8.78 Å². The summed E-state index contributed by atoms with van der Waals surface area (Å²) < 4.78 is 34.6. The molecule has 1 fully saturated rings. The number of aromatic amines is 1. The number of aryl methyl sites for hydroxylation is 1. The maximum Gasteiger partial charge on any atom is 0.326 e. The monoisotopic (exact) mass is 440 g/mol. The smallest absolute Gasteiger partial charge is 0.326 e. The van der Waals surface area contributed by atoms with Gasteiger partial charge in [0.25, 0.3) is 0 Å². The van der Waals surface area contributed by atoms with Gasteiger partial charge in [-0.15, -0.1) is 0 Å². The Morgan fingerprint density at radius 2 is 2.03 bits per heavy atom. The van der Waals surface area contributed by atoms with Crippen molar-refractivity contribution in [3.05, 3.63) is 36.2 Å². The van der Waals surface area contributed by atoms with Crippen molar-refractivity contribution in [3.63, 3.8) is 0 Å². The van der Waals surface area contributed by atoms with Crippen molar-refractivity contribution in [3.8, 4) is 11.8 Å². The van der Waals surface area contributed by atoms with Gasteiger partial charge in [-0.2, -0.15) is 9.97 Å². The molecule has 0 unspecified atom stereocenters. The van der Waals surface area contributed by atoms with E-state index in [1.807, 2.05) is 0 Å². The standard InChI is InChI=1S/C21H22F2N8O/c1-10-26-7-12(8-27-10)32-21-29-19-17(13-5-11(22)6-16(25-2)18(13)28-19)20(30-21)31-4-3-15(24)14(23)9-31/h5-8,14-15,25H,3-4,9,24H2,1-2H3,(H,28,29,30)/t14-,15-/m0/s1. The number of anilines is 2. The van der Waals surface area contributed by atoms with E-state index in [1.54, 1.807) is 18.9 Å². The maximum atomic E-state index is 14.5. The van der Waals surface area contributed by atoms with E-state index in [1.165, 1.54) is 24.5 Å². The van der Waals surface area contributed by atoms with Gasteiger partial charge in [0.2, 0.25) is 0 Å². The number of fused-ring (bicyclic) bond motifs is 3. The molecule has 3 aromatic heterocycles. The van der Waals surface area contributed by atoms with Crippen LogP contribution in [-0.2, 0) is 0 Å². The lowest BCUT2D eigenvalue weighted by atomic mass is 10.0. The van der Waals surface area contributed by atoms with Crippen molar-refractivity contribution < 1.29 is 13.5 Å². The van der Waals surface area contributed by atoms with Crippen molar-refractivity contribution in [2.24, 2.45) is 5.73 Å². The van der Waals surface area contributed by atoms with Crippen LogP contribution in [0.15, 0.2) is 24.5 Å². The Labute approximate surface area is 182 Å². The summed E-state index contributed by atoms with van der Waals surface area (Å²) in [7, 11) is 1.71. The van der Waals surface area contributed by atoms with E-state index in [4.69, 9.17) is 10.5 Å². The number of H-pyrrole nitrogens is 1. The first-order chi connectivity index (χ1) is 15.4. The third kappa shape index (κ3) is 3.54. The zero-order valence-corrected chi connectivity index (χ0v) is 17.6. The number of hydrogen-bond donors (Lipinski definition) is 3. The first-order valence-electron chi connectivity index (χ1n) is 10.2. The molecule has 1 aliphatic rings. The van der Waals surface area contributed by atoms with Gasteiger partial charge in [0.15, 0.2) is 5.75 Å². The van der Waals surface area contributed by atoms with Crippen LogP contribution < -0.4 is 20.7 Å². The Morgan fingerprint density at radius 1 is 1.25 bits per heavy atom. The molecular formula is C21H22F2N8O. The summed E-state index contributed by atoms with van der Waals surface area (Å²) in [5, 5.41) is 4.17. The zero-order valence-electron chi connectivity index (χ0n) is 17.6. The molecule has 4 aromatic rings. The third-order valence-corrected chi connectivity index (χ3v) is 5.61. The highest BCUT2D eigenvalue weighted by Crippen LogP contribution is 2.38. The predicted octanol–water partition coefficient (Wildman–Crippen LogP) is 3.06. The fraction of sp³-hybridized carbons (Fsp3) is 0.333. The van der Waals surface area contributed by atoms with Gasteiger partial charge in [-0.05, 0) is 25.5 Å². The number of piperidine rings is 1. The lowest BCUT2D eigenvalue weighted by molar-refractivity contribution is 0.251. The number of aromatic nitrogens is 5. The normalized spacial score (nSPS) is 19.0. The number of benzene rings is 1. The Balaban J connectivity index is 1.70. The molecule has 1 aliphatic heterocycles. The van der Waals surface area contributed by atoms with Crippen LogP contribution in [0.25, 0.3) is 21.9 Å². The molecule has 166 valence electrons. The summed E-state index contributed by atoms with van der Waals surface area (Å²) in [6.45, 7) is 2.34. The first kappa shape index (κ1) is 20.3. The molecule has 4 N–H and O–H groups in total. The molecule has 0 spiro atoms. The van der Waals surface area contributed by atoms with Crippen LogP contribution in [-0.4, -0.2) is 57.3 Å². The molecule has 9 nitrogen and oxygen atoms in total. The van der Waals surface area contributed by atoms with Gasteiger partial charge in [-0.1, -0.05) is 0 Å². The molecule has 0 saturated carbocycles. The quantitative estimate of drug-likeness (QED) is 0.443. The van der Waals surface area contributed by atoms with Gasteiger partial charge >= 0.3 is 6.01 Å². The average molecular weight is 440 g/mol. The highest BCUT2D eigenvalue weighted by atomic mass is 19.1. The van der Waals surface area contributed by atoms with E-state index in [0.717, 1.165) is 0 Å². The molecule has 4 heterocycles. The van der Waals surface area contributed by atoms with Gasteiger partial charge < -0.3 is 25.7 Å². The Kier molecular flexibility index (Phi) is 4.97. The molecule has 1 saturated heterocycles. The second kappa shape index (κ2) is 7.83. The fourth-order valence-electron chi connectivity index (χ4n) is 3.95. The Bertz CT molecular complexity index is 1290. The van der Waals surface area contributed by atoms with Crippen LogP contribution in [0.2, 0.25) is 0 Å². The number of alkyl halides is 1. The lowest BCUT2D eigenvalue weighted by Gasteiger charge is -2.34. The summed E-state index contributed by atoms with van der Waals surface area (Å²) in [6, 6.07) is 2.32. The number of hydrogen-bond acceptors (Lipinski definition) is 8. The highest BCUT2D eigenvalue weighted by molar-refractivity contribution is 6.14. The first-order valence-corrected chi connectivity index (χ1v) is 10.2. The molecule has 0 bridgehead atoms. The van der Waals surface area contributed by atoms with Gasteiger partial charge in [0.1, 0.15) is 29.3 Å². The average Bonchev–Trinajstić information content (AvgIpc) is 3.14. The van der Waals surface area contributed by atoms with Gasteiger partial charge in [-0.3, -0.25) is 0 Å². The van der Waals surface area contributed by atoms with E-state index in [0.29, 0.717) is 58.0 Å². The van der Waals surface area contributed by atoms with Crippen molar-refractivity contribution in [1.29, 1.82) is 0 Å². The summed E-state index contributed by atoms with van der Waals surface area (Å²) in [6.07, 6.45) is 2.30. The van der Waals surface area contributed by atoms with Crippen LogP contribution in [0.3, 0.4) is 0 Å². The zero-order chi connectivity index (χ0) is 22.4. The topological polar surface area (TPSA) is 118 Å². The van der Waals surface area contributed by atoms with Crippen molar-refractivity contribution in [2.75, 3.05) is 30.4 Å². The van der Waals surface area contributed by atoms with E-state index in [-0.39, 0.29) is 12.6 Å². The SMILES string of the molecule is CNc1cc(F)cc2c1[nH]c1nc(Oc3cnc(C)nc3)nc(N3CC[C@H](N)[C@@H](F)C3)c12. The molecule has 0 amide bonds. The van der Waals surface area contributed by atoms with Crippen LogP contribution in [0.1, 0.15) is 12.2 Å². The summed E-state index contributed by atoms with van der Waals surface area (Å²) in [5.74, 6) is 1.01. The Hall–Kier alpha value is -3.60. The summed E-state index contributed by atoms with van der Waals surface area (Å²) in [4.78, 5) is 22.3. The van der Waals surface area contributed by atoms with Crippen LogP contribution in [0.4, 0.5) is 20.3 Å². The third-order valence-electron chi connectivity index (χ3n) is 5.61. The molecule has 2 atom stereocenters. The van der Waals surface area contributed by atoms with E-state index < -0.39 is 18.0 Å². The molecule has 5 rings (SSSR count). The lowest BCUT2D eigenvalue weighted by Crippen LogP contribution is -2.49.